The zero-order valence-corrected chi connectivity index (χ0v) is 13.1. The highest BCUT2D eigenvalue weighted by Gasteiger charge is 2.34. The molecule has 1 rings (SSSR count). The zero-order chi connectivity index (χ0) is 18.1. The maximum absolute atomic E-state index is 13.8. The molecule has 0 atom stereocenters. The third-order valence-electron chi connectivity index (χ3n) is 2.92. The summed E-state index contributed by atoms with van der Waals surface area (Å²) < 4.78 is 77.4. The van der Waals surface area contributed by atoms with Gasteiger partial charge in [0.25, 0.3) is 0 Å². The molecule has 5 nitrogen and oxygen atoms in total. The number of nitrogens with one attached hydrogen (secondary N) is 1. The SMILES string of the molecule is CC(C)(CCC(=O)O)NS(=O)(=O)c1ccc(C(F)(F)F)cc1F. The number of benzene rings is 1. The van der Waals surface area contributed by atoms with Gasteiger partial charge in [-0.2, -0.15) is 13.2 Å². The third-order valence-corrected chi connectivity index (χ3v) is 4.65. The van der Waals surface area contributed by atoms with Crippen molar-refractivity contribution < 1.29 is 35.9 Å². The van der Waals surface area contributed by atoms with E-state index in [-0.39, 0.29) is 18.9 Å². The van der Waals surface area contributed by atoms with Crippen molar-refractivity contribution in [3.8, 4) is 0 Å². The molecule has 0 aliphatic heterocycles. The Morgan fingerprint density at radius 3 is 2.26 bits per heavy atom. The summed E-state index contributed by atoms with van der Waals surface area (Å²) in [4.78, 5) is 9.59. The van der Waals surface area contributed by atoms with Crippen LogP contribution in [-0.4, -0.2) is 25.0 Å². The fraction of sp³-hybridized carbons (Fsp3) is 0.462. The van der Waals surface area contributed by atoms with Crippen LogP contribution in [0.5, 0.6) is 0 Å². The predicted octanol–water partition coefficient (Wildman–Crippen LogP) is 2.77. The first-order valence-corrected chi connectivity index (χ1v) is 7.85. The normalized spacial score (nSPS) is 13.1. The van der Waals surface area contributed by atoms with Gasteiger partial charge in [-0.3, -0.25) is 4.79 Å². The quantitative estimate of drug-likeness (QED) is 0.767. The van der Waals surface area contributed by atoms with Gasteiger partial charge in [0.15, 0.2) is 0 Å². The molecule has 0 aromatic heterocycles. The highest BCUT2D eigenvalue weighted by molar-refractivity contribution is 7.89. The standard InChI is InChI=1S/C13H15F4NO4S/c1-12(2,6-5-11(19)20)18-23(21,22)10-4-3-8(7-9(10)14)13(15,16)17/h3-4,7,18H,5-6H2,1-2H3,(H,19,20). The van der Waals surface area contributed by atoms with E-state index < -0.39 is 44.0 Å². The lowest BCUT2D eigenvalue weighted by atomic mass is 10.0. The van der Waals surface area contributed by atoms with Crippen molar-refractivity contribution in [2.45, 2.75) is 43.3 Å². The van der Waals surface area contributed by atoms with Gasteiger partial charge in [-0.1, -0.05) is 0 Å². The molecule has 1 aromatic carbocycles. The average Bonchev–Trinajstić information content (AvgIpc) is 2.33. The van der Waals surface area contributed by atoms with Crippen molar-refractivity contribution in [3.63, 3.8) is 0 Å². The lowest BCUT2D eigenvalue weighted by Gasteiger charge is -2.25. The number of carboxylic acid groups (broad SMARTS) is 1. The smallest absolute Gasteiger partial charge is 0.416 e. The fourth-order valence-corrected chi connectivity index (χ4v) is 3.29. The Morgan fingerprint density at radius 1 is 1.26 bits per heavy atom. The molecule has 0 aliphatic carbocycles. The van der Waals surface area contributed by atoms with E-state index in [1.807, 2.05) is 0 Å². The van der Waals surface area contributed by atoms with Crippen molar-refractivity contribution in [1.82, 2.24) is 4.72 Å². The van der Waals surface area contributed by atoms with Crippen LogP contribution in [0.3, 0.4) is 0 Å². The molecule has 0 saturated heterocycles. The van der Waals surface area contributed by atoms with Gasteiger partial charge in [0.05, 0.1) is 5.56 Å². The van der Waals surface area contributed by atoms with E-state index in [1.165, 1.54) is 13.8 Å². The van der Waals surface area contributed by atoms with Crippen LogP contribution in [0.15, 0.2) is 23.1 Å². The average molecular weight is 357 g/mol. The summed E-state index contributed by atoms with van der Waals surface area (Å²) in [5.41, 5.74) is -2.52. The van der Waals surface area contributed by atoms with Gasteiger partial charge in [0, 0.05) is 12.0 Å². The van der Waals surface area contributed by atoms with Crippen molar-refractivity contribution in [2.75, 3.05) is 0 Å². The molecular weight excluding hydrogens is 342 g/mol. The number of aliphatic carboxylic acids is 1. The van der Waals surface area contributed by atoms with Gasteiger partial charge in [-0.25, -0.2) is 17.5 Å². The lowest BCUT2D eigenvalue weighted by Crippen LogP contribution is -2.43. The van der Waals surface area contributed by atoms with E-state index in [9.17, 15) is 30.8 Å². The number of halogens is 4. The van der Waals surface area contributed by atoms with Gasteiger partial charge in [-0.05, 0) is 38.5 Å². The molecule has 0 aliphatic rings. The molecular formula is C13H15F4NO4S. The van der Waals surface area contributed by atoms with Crippen molar-refractivity contribution in [3.05, 3.63) is 29.6 Å². The predicted molar refractivity (Wildman–Crippen MR) is 72.7 cm³/mol. The molecule has 1 aromatic rings. The Bertz CT molecular complexity index is 698. The van der Waals surface area contributed by atoms with Gasteiger partial charge < -0.3 is 5.11 Å². The summed E-state index contributed by atoms with van der Waals surface area (Å²) in [6.07, 6.45) is -5.20. The summed E-state index contributed by atoms with van der Waals surface area (Å²) in [6, 6.07) is 1.08. The number of hydrogen-bond acceptors (Lipinski definition) is 3. The first-order chi connectivity index (χ1) is 10.2. The monoisotopic (exact) mass is 357 g/mol. The second-order valence-electron chi connectivity index (χ2n) is 5.53. The van der Waals surface area contributed by atoms with Crippen LogP contribution in [0.2, 0.25) is 0 Å². The van der Waals surface area contributed by atoms with Crippen LogP contribution in [0, 0.1) is 5.82 Å². The van der Waals surface area contributed by atoms with Crippen LogP contribution in [0.4, 0.5) is 17.6 Å². The molecule has 10 heteroatoms. The molecule has 0 heterocycles. The topological polar surface area (TPSA) is 83.5 Å². The van der Waals surface area contributed by atoms with Crippen LogP contribution in [-0.2, 0) is 21.0 Å². The van der Waals surface area contributed by atoms with Crippen LogP contribution in [0.1, 0.15) is 32.3 Å². The minimum atomic E-state index is -4.79. The minimum absolute atomic E-state index is 0.0795. The maximum atomic E-state index is 13.8. The molecule has 0 unspecified atom stereocenters. The molecule has 0 radical (unpaired) electrons. The Labute approximate surface area is 130 Å². The Morgan fingerprint density at radius 2 is 1.83 bits per heavy atom. The van der Waals surface area contributed by atoms with Crippen LogP contribution >= 0.6 is 0 Å². The Hall–Kier alpha value is -1.68. The first kappa shape index (κ1) is 19.4. The highest BCUT2D eigenvalue weighted by atomic mass is 32.2. The molecule has 130 valence electrons. The van der Waals surface area contributed by atoms with Gasteiger partial charge in [0.2, 0.25) is 10.0 Å². The van der Waals surface area contributed by atoms with E-state index in [0.29, 0.717) is 12.1 Å². The molecule has 0 saturated carbocycles. The van der Waals surface area contributed by atoms with Gasteiger partial charge in [0.1, 0.15) is 10.7 Å². The summed E-state index contributed by atoms with van der Waals surface area (Å²) in [6.45, 7) is 2.77. The number of alkyl halides is 3. The van der Waals surface area contributed by atoms with E-state index in [2.05, 4.69) is 4.72 Å². The van der Waals surface area contributed by atoms with E-state index in [0.717, 1.165) is 0 Å². The first-order valence-electron chi connectivity index (χ1n) is 6.37. The third kappa shape index (κ3) is 5.47. The molecule has 23 heavy (non-hydrogen) atoms. The van der Waals surface area contributed by atoms with Crippen molar-refractivity contribution in [2.24, 2.45) is 0 Å². The second kappa shape index (κ2) is 6.44. The summed E-state index contributed by atoms with van der Waals surface area (Å²) >= 11 is 0. The fourth-order valence-electron chi connectivity index (χ4n) is 1.78. The Balaban J connectivity index is 3.07. The van der Waals surface area contributed by atoms with Gasteiger partial charge >= 0.3 is 12.1 Å². The number of sulfonamides is 1. The van der Waals surface area contributed by atoms with Crippen LogP contribution in [0.25, 0.3) is 0 Å². The number of hydrogen-bond donors (Lipinski definition) is 2. The zero-order valence-electron chi connectivity index (χ0n) is 12.2. The summed E-state index contributed by atoms with van der Waals surface area (Å²) in [7, 11) is -4.44. The molecule has 0 amide bonds. The van der Waals surface area contributed by atoms with Crippen LogP contribution < -0.4 is 4.72 Å². The lowest BCUT2D eigenvalue weighted by molar-refractivity contribution is -0.138. The molecule has 0 spiro atoms. The van der Waals surface area contributed by atoms with Crippen molar-refractivity contribution >= 4 is 16.0 Å². The summed E-state index contributed by atoms with van der Waals surface area (Å²) in [5.74, 6) is -2.68. The molecule has 2 N–H and O–H groups in total. The highest BCUT2D eigenvalue weighted by Crippen LogP contribution is 2.31. The largest absolute Gasteiger partial charge is 0.481 e. The second-order valence-corrected chi connectivity index (χ2v) is 7.18. The minimum Gasteiger partial charge on any atom is -0.481 e. The molecule has 0 bridgehead atoms. The Kier molecular flexibility index (Phi) is 5.42. The van der Waals surface area contributed by atoms with E-state index >= 15 is 0 Å². The van der Waals surface area contributed by atoms with E-state index in [4.69, 9.17) is 5.11 Å². The maximum Gasteiger partial charge on any atom is 0.416 e. The number of carbonyl (C=O) groups is 1. The number of rotatable bonds is 6. The number of carboxylic acids is 1. The van der Waals surface area contributed by atoms with Gasteiger partial charge in [-0.15, -0.1) is 0 Å². The summed E-state index contributed by atoms with van der Waals surface area (Å²) in [5, 5.41) is 8.60. The van der Waals surface area contributed by atoms with Crippen molar-refractivity contribution in [1.29, 1.82) is 0 Å². The molecule has 0 fully saturated rings. The van der Waals surface area contributed by atoms with E-state index in [1.54, 1.807) is 0 Å².